The van der Waals surface area contributed by atoms with E-state index in [4.69, 9.17) is 5.73 Å². The van der Waals surface area contributed by atoms with Crippen molar-refractivity contribution in [1.82, 2.24) is 5.32 Å². The largest absolute Gasteiger partial charge is 0.387 e. The summed E-state index contributed by atoms with van der Waals surface area (Å²) in [5, 5.41) is 2.57. The molecule has 1 aliphatic rings. The van der Waals surface area contributed by atoms with Crippen LogP contribution in [0.5, 0.6) is 0 Å². The number of carbonyl (C=O) groups is 1. The third-order valence-corrected chi connectivity index (χ3v) is 2.94. The lowest BCUT2D eigenvalue weighted by Gasteiger charge is -2.20. The van der Waals surface area contributed by atoms with Gasteiger partial charge in [-0.1, -0.05) is 19.3 Å². The number of nitrogens with zero attached hydrogens (tertiary/aromatic N) is 1. The number of carbonyl (C=O) groups excluding carboxylic acids is 1. The first-order valence-corrected chi connectivity index (χ1v) is 5.74. The third kappa shape index (κ3) is 4.32. The van der Waals surface area contributed by atoms with Gasteiger partial charge in [0.1, 0.15) is 0 Å². The third-order valence-electron chi connectivity index (χ3n) is 2.94. The molecule has 86 valence electrons. The summed E-state index contributed by atoms with van der Waals surface area (Å²) in [4.78, 5) is 15.2. The van der Waals surface area contributed by atoms with Crippen LogP contribution in [0.1, 0.15) is 38.5 Å². The molecule has 15 heavy (non-hydrogen) atoms. The molecule has 0 radical (unpaired) electrons. The van der Waals surface area contributed by atoms with Gasteiger partial charge in [0.15, 0.2) is 0 Å². The standard InChI is InChI=1S/C11H21N3O/c1-13-10(15)7-8-14-11(12)9-5-3-2-4-6-9/h9H,2-8H2,1H3,(H2,12,14)(H,13,15). The Morgan fingerprint density at radius 3 is 2.67 bits per heavy atom. The molecule has 0 aromatic heterocycles. The van der Waals surface area contributed by atoms with Gasteiger partial charge in [-0.3, -0.25) is 9.79 Å². The number of amides is 1. The summed E-state index contributed by atoms with van der Waals surface area (Å²) in [5.74, 6) is 1.23. The molecule has 1 saturated carbocycles. The molecule has 0 heterocycles. The average molecular weight is 211 g/mol. The maximum Gasteiger partial charge on any atom is 0.221 e. The Morgan fingerprint density at radius 1 is 1.40 bits per heavy atom. The highest BCUT2D eigenvalue weighted by molar-refractivity contribution is 5.83. The molecule has 0 aliphatic heterocycles. The molecule has 0 aromatic rings. The zero-order valence-corrected chi connectivity index (χ0v) is 9.46. The van der Waals surface area contributed by atoms with Crippen LogP contribution in [0.25, 0.3) is 0 Å². The van der Waals surface area contributed by atoms with Gasteiger partial charge in [0, 0.05) is 25.9 Å². The fourth-order valence-corrected chi connectivity index (χ4v) is 1.94. The van der Waals surface area contributed by atoms with Gasteiger partial charge in [-0.2, -0.15) is 0 Å². The van der Waals surface area contributed by atoms with Crippen LogP contribution in [0, 0.1) is 5.92 Å². The second-order valence-corrected chi connectivity index (χ2v) is 4.06. The minimum atomic E-state index is 0.0233. The Hall–Kier alpha value is -1.06. The van der Waals surface area contributed by atoms with Crippen molar-refractivity contribution in [1.29, 1.82) is 0 Å². The zero-order valence-electron chi connectivity index (χ0n) is 9.46. The topological polar surface area (TPSA) is 67.5 Å². The second kappa shape index (κ2) is 6.43. The van der Waals surface area contributed by atoms with E-state index in [1.54, 1.807) is 7.05 Å². The van der Waals surface area contributed by atoms with Gasteiger partial charge in [0.05, 0.1) is 5.84 Å². The SMILES string of the molecule is CNC(=O)CCN=C(N)C1CCCCC1. The van der Waals surface area contributed by atoms with Crippen LogP contribution >= 0.6 is 0 Å². The van der Waals surface area contributed by atoms with Crippen LogP contribution in [0.2, 0.25) is 0 Å². The Morgan fingerprint density at radius 2 is 2.07 bits per heavy atom. The minimum absolute atomic E-state index is 0.0233. The van der Waals surface area contributed by atoms with Crippen molar-refractivity contribution in [2.75, 3.05) is 13.6 Å². The normalized spacial score (nSPS) is 18.9. The minimum Gasteiger partial charge on any atom is -0.387 e. The Balaban J connectivity index is 2.28. The summed E-state index contributed by atoms with van der Waals surface area (Å²) in [5.41, 5.74) is 5.89. The number of nitrogens with two attached hydrogens (primary N) is 1. The number of hydrogen-bond donors (Lipinski definition) is 2. The number of rotatable bonds is 4. The van der Waals surface area contributed by atoms with E-state index in [1.165, 1.54) is 19.3 Å². The van der Waals surface area contributed by atoms with Gasteiger partial charge in [-0.15, -0.1) is 0 Å². The lowest BCUT2D eigenvalue weighted by Crippen LogP contribution is -2.26. The lowest BCUT2D eigenvalue weighted by atomic mass is 9.88. The van der Waals surface area contributed by atoms with Crippen molar-refractivity contribution in [3.63, 3.8) is 0 Å². The molecule has 1 aliphatic carbocycles. The van der Waals surface area contributed by atoms with Crippen molar-refractivity contribution in [3.05, 3.63) is 0 Å². The molecule has 1 amide bonds. The Kier molecular flexibility index (Phi) is 5.15. The van der Waals surface area contributed by atoms with E-state index in [0.29, 0.717) is 18.9 Å². The molecule has 0 saturated heterocycles. The molecule has 1 rings (SSSR count). The van der Waals surface area contributed by atoms with E-state index < -0.39 is 0 Å². The maximum absolute atomic E-state index is 10.9. The monoisotopic (exact) mass is 211 g/mol. The summed E-state index contributed by atoms with van der Waals surface area (Å²) in [6, 6.07) is 0. The number of aliphatic imine (C=N–C) groups is 1. The van der Waals surface area contributed by atoms with Gasteiger partial charge in [-0.25, -0.2) is 0 Å². The first-order chi connectivity index (χ1) is 7.24. The van der Waals surface area contributed by atoms with E-state index in [-0.39, 0.29) is 5.91 Å². The van der Waals surface area contributed by atoms with Crippen molar-refractivity contribution < 1.29 is 4.79 Å². The molecular formula is C11H21N3O. The van der Waals surface area contributed by atoms with Crippen molar-refractivity contribution in [3.8, 4) is 0 Å². The van der Waals surface area contributed by atoms with Crippen molar-refractivity contribution in [2.24, 2.45) is 16.6 Å². The summed E-state index contributed by atoms with van der Waals surface area (Å²) >= 11 is 0. The molecule has 0 bridgehead atoms. The molecule has 0 aromatic carbocycles. The van der Waals surface area contributed by atoms with Crippen LogP contribution in [0.4, 0.5) is 0 Å². The molecule has 4 nitrogen and oxygen atoms in total. The zero-order chi connectivity index (χ0) is 11.1. The van der Waals surface area contributed by atoms with Gasteiger partial charge in [0.25, 0.3) is 0 Å². The Bertz CT molecular complexity index is 232. The van der Waals surface area contributed by atoms with Crippen molar-refractivity contribution >= 4 is 11.7 Å². The summed E-state index contributed by atoms with van der Waals surface area (Å²) < 4.78 is 0. The summed E-state index contributed by atoms with van der Waals surface area (Å²) in [6.07, 6.45) is 6.60. The van der Waals surface area contributed by atoms with Crippen LogP contribution in [0.3, 0.4) is 0 Å². The molecule has 4 heteroatoms. The second-order valence-electron chi connectivity index (χ2n) is 4.06. The number of nitrogens with one attached hydrogen (secondary N) is 1. The predicted octanol–water partition coefficient (Wildman–Crippen LogP) is 1.06. The van der Waals surface area contributed by atoms with Crippen LogP contribution < -0.4 is 11.1 Å². The molecule has 0 spiro atoms. The smallest absolute Gasteiger partial charge is 0.221 e. The van der Waals surface area contributed by atoms with E-state index in [0.717, 1.165) is 18.7 Å². The van der Waals surface area contributed by atoms with Gasteiger partial charge in [0.2, 0.25) is 5.91 Å². The lowest BCUT2D eigenvalue weighted by molar-refractivity contribution is -0.120. The molecule has 3 N–H and O–H groups in total. The van der Waals surface area contributed by atoms with Gasteiger partial charge >= 0.3 is 0 Å². The predicted molar refractivity (Wildman–Crippen MR) is 61.7 cm³/mol. The van der Waals surface area contributed by atoms with E-state index in [1.807, 2.05) is 0 Å². The average Bonchev–Trinajstić information content (AvgIpc) is 2.29. The first-order valence-electron chi connectivity index (χ1n) is 5.74. The first kappa shape index (κ1) is 12.0. The number of amidine groups is 1. The highest BCUT2D eigenvalue weighted by Crippen LogP contribution is 2.23. The Labute approximate surface area is 91.3 Å². The highest BCUT2D eigenvalue weighted by Gasteiger charge is 2.16. The van der Waals surface area contributed by atoms with Gasteiger partial charge in [-0.05, 0) is 12.8 Å². The quantitative estimate of drug-likeness (QED) is 0.539. The summed E-state index contributed by atoms with van der Waals surface area (Å²) in [6.45, 7) is 0.516. The number of hydrogen-bond acceptors (Lipinski definition) is 2. The molecule has 0 unspecified atom stereocenters. The van der Waals surface area contributed by atoms with Crippen LogP contribution in [-0.2, 0) is 4.79 Å². The molecule has 1 fully saturated rings. The summed E-state index contributed by atoms with van der Waals surface area (Å²) in [7, 11) is 1.64. The molecular weight excluding hydrogens is 190 g/mol. The van der Waals surface area contributed by atoms with E-state index >= 15 is 0 Å². The van der Waals surface area contributed by atoms with Crippen LogP contribution in [-0.4, -0.2) is 25.3 Å². The van der Waals surface area contributed by atoms with Gasteiger partial charge < -0.3 is 11.1 Å². The molecule has 0 atom stereocenters. The van der Waals surface area contributed by atoms with Crippen molar-refractivity contribution in [2.45, 2.75) is 38.5 Å². The van der Waals surface area contributed by atoms with Crippen LogP contribution in [0.15, 0.2) is 4.99 Å². The highest BCUT2D eigenvalue weighted by atomic mass is 16.1. The maximum atomic E-state index is 10.9. The van der Waals surface area contributed by atoms with E-state index in [9.17, 15) is 4.79 Å². The van der Waals surface area contributed by atoms with E-state index in [2.05, 4.69) is 10.3 Å². The fraction of sp³-hybridized carbons (Fsp3) is 0.818. The fourth-order valence-electron chi connectivity index (χ4n) is 1.94.